The van der Waals surface area contributed by atoms with Crippen LogP contribution in [0, 0.1) is 0 Å². The summed E-state index contributed by atoms with van der Waals surface area (Å²) in [6.45, 7) is 1.38. The Bertz CT molecular complexity index is 746. The van der Waals surface area contributed by atoms with E-state index in [0.717, 1.165) is 13.0 Å². The smallest absolute Gasteiger partial charge is 0.255 e. The summed E-state index contributed by atoms with van der Waals surface area (Å²) in [5, 5.41) is 2.75. The van der Waals surface area contributed by atoms with Crippen LogP contribution < -0.4 is 5.32 Å². The summed E-state index contributed by atoms with van der Waals surface area (Å²) in [6, 6.07) is 17.4. The minimum Gasteiger partial charge on any atom is -0.375 e. The number of nitrogens with zero attached hydrogens (tertiary/aromatic N) is 1. The number of anilines is 1. The van der Waals surface area contributed by atoms with Crippen LogP contribution in [-0.4, -0.2) is 43.5 Å². The maximum Gasteiger partial charge on any atom is 0.255 e. The molecule has 1 atom stereocenters. The van der Waals surface area contributed by atoms with E-state index in [4.69, 9.17) is 4.74 Å². The second kappa shape index (κ2) is 7.94. The first-order valence-corrected chi connectivity index (χ1v) is 8.41. The summed E-state index contributed by atoms with van der Waals surface area (Å²) in [4.78, 5) is 26.6. The number of ether oxygens (including phenoxy) is 1. The Balaban J connectivity index is 1.72. The Kier molecular flexibility index (Phi) is 5.46. The lowest BCUT2D eigenvalue weighted by atomic mass is 9.99. The second-order valence-electron chi connectivity index (χ2n) is 6.17. The molecule has 1 fully saturated rings. The van der Waals surface area contributed by atoms with E-state index in [1.807, 2.05) is 29.2 Å². The van der Waals surface area contributed by atoms with Crippen LogP contribution in [0.15, 0.2) is 54.6 Å². The highest BCUT2D eigenvalue weighted by molar-refractivity contribution is 6.04. The number of methoxy groups -OCH3 is 1. The van der Waals surface area contributed by atoms with Gasteiger partial charge in [-0.15, -0.1) is 0 Å². The highest BCUT2D eigenvalue weighted by Gasteiger charge is 2.29. The van der Waals surface area contributed by atoms with Gasteiger partial charge in [0.2, 0.25) is 5.91 Å². The highest BCUT2D eigenvalue weighted by Crippen LogP contribution is 2.29. The van der Waals surface area contributed by atoms with E-state index in [1.165, 1.54) is 12.7 Å². The molecule has 1 saturated heterocycles. The average Bonchev–Trinajstić information content (AvgIpc) is 3.13. The van der Waals surface area contributed by atoms with Crippen LogP contribution in [0.1, 0.15) is 28.3 Å². The molecule has 2 aromatic rings. The van der Waals surface area contributed by atoms with Gasteiger partial charge in [0, 0.05) is 26.1 Å². The first-order valence-electron chi connectivity index (χ1n) is 8.41. The first kappa shape index (κ1) is 17.2. The topological polar surface area (TPSA) is 58.6 Å². The predicted octanol–water partition coefficient (Wildman–Crippen LogP) is 2.90. The Morgan fingerprint density at radius 3 is 2.60 bits per heavy atom. The van der Waals surface area contributed by atoms with Crippen LogP contribution in [0.4, 0.5) is 5.69 Å². The molecule has 1 unspecified atom stereocenters. The Labute approximate surface area is 147 Å². The summed E-state index contributed by atoms with van der Waals surface area (Å²) in [7, 11) is 1.46. The van der Waals surface area contributed by atoms with Crippen molar-refractivity contribution in [1.82, 2.24) is 4.90 Å². The molecule has 1 N–H and O–H groups in total. The summed E-state index contributed by atoms with van der Waals surface area (Å²) in [5.74, 6) is 0.0403. The molecule has 0 aromatic heterocycles. The van der Waals surface area contributed by atoms with Crippen LogP contribution in [-0.2, 0) is 9.53 Å². The number of benzene rings is 2. The number of carbonyl (C=O) groups excluding carboxylic acids is 2. The number of carbonyl (C=O) groups is 2. The number of likely N-dealkylation sites (tertiary alicyclic amines) is 1. The van der Waals surface area contributed by atoms with Gasteiger partial charge in [0.05, 0.1) is 11.3 Å². The molecule has 2 amide bonds. The van der Waals surface area contributed by atoms with Gasteiger partial charge in [0.25, 0.3) is 5.91 Å². The van der Waals surface area contributed by atoms with Crippen LogP contribution in [0.25, 0.3) is 0 Å². The third-order valence-electron chi connectivity index (χ3n) is 4.45. The molecule has 0 saturated carbocycles. The van der Waals surface area contributed by atoms with E-state index in [1.54, 1.807) is 18.2 Å². The van der Waals surface area contributed by atoms with Crippen LogP contribution in [0.5, 0.6) is 0 Å². The molecular formula is C20H22N2O3. The number of nitrogens with one attached hydrogen (secondary N) is 1. The normalized spacial score (nSPS) is 16.7. The molecule has 1 aliphatic heterocycles. The van der Waals surface area contributed by atoms with Crippen molar-refractivity contribution >= 4 is 17.5 Å². The highest BCUT2D eigenvalue weighted by atomic mass is 16.5. The summed E-state index contributed by atoms with van der Waals surface area (Å²) in [5.41, 5.74) is 2.30. The van der Waals surface area contributed by atoms with Crippen molar-refractivity contribution in [1.29, 1.82) is 0 Å². The molecule has 1 heterocycles. The Morgan fingerprint density at radius 2 is 1.84 bits per heavy atom. The van der Waals surface area contributed by atoms with E-state index >= 15 is 0 Å². The van der Waals surface area contributed by atoms with Crippen molar-refractivity contribution in [2.45, 2.75) is 12.3 Å². The number of hydrogen-bond acceptors (Lipinski definition) is 3. The van der Waals surface area contributed by atoms with E-state index in [2.05, 4.69) is 17.4 Å². The van der Waals surface area contributed by atoms with Gasteiger partial charge in [-0.05, 0) is 24.1 Å². The molecule has 0 radical (unpaired) electrons. The Morgan fingerprint density at radius 1 is 1.12 bits per heavy atom. The lowest BCUT2D eigenvalue weighted by molar-refractivity contribution is -0.119. The molecule has 0 bridgehead atoms. The molecule has 2 aromatic carbocycles. The number of rotatable bonds is 5. The van der Waals surface area contributed by atoms with Gasteiger partial charge in [0.15, 0.2) is 0 Å². The minimum absolute atomic E-state index is 0.0394. The molecule has 3 rings (SSSR count). The maximum atomic E-state index is 12.9. The zero-order valence-corrected chi connectivity index (χ0v) is 14.3. The fourth-order valence-electron chi connectivity index (χ4n) is 3.21. The second-order valence-corrected chi connectivity index (χ2v) is 6.17. The van der Waals surface area contributed by atoms with Crippen molar-refractivity contribution < 1.29 is 14.3 Å². The SMILES string of the molecule is COCC(=O)Nc1ccccc1C(=O)N1CCC(c2ccccc2)C1. The van der Waals surface area contributed by atoms with Crippen molar-refractivity contribution in [3.8, 4) is 0 Å². The molecule has 130 valence electrons. The number of hydrogen-bond donors (Lipinski definition) is 1. The Hall–Kier alpha value is -2.66. The summed E-state index contributed by atoms with van der Waals surface area (Å²) < 4.78 is 4.83. The monoisotopic (exact) mass is 338 g/mol. The fourth-order valence-corrected chi connectivity index (χ4v) is 3.21. The van der Waals surface area contributed by atoms with Crippen LogP contribution in [0.2, 0.25) is 0 Å². The van der Waals surface area contributed by atoms with Crippen LogP contribution >= 0.6 is 0 Å². The average molecular weight is 338 g/mol. The van der Waals surface area contributed by atoms with Gasteiger partial charge >= 0.3 is 0 Å². The molecule has 0 spiro atoms. The maximum absolute atomic E-state index is 12.9. The van der Waals surface area contributed by atoms with E-state index in [9.17, 15) is 9.59 Å². The summed E-state index contributed by atoms with van der Waals surface area (Å²) >= 11 is 0. The van der Waals surface area contributed by atoms with Gasteiger partial charge in [-0.3, -0.25) is 9.59 Å². The van der Waals surface area contributed by atoms with Gasteiger partial charge in [-0.2, -0.15) is 0 Å². The number of amides is 2. The van der Waals surface area contributed by atoms with Gasteiger partial charge in [-0.25, -0.2) is 0 Å². The molecule has 5 nitrogen and oxygen atoms in total. The standard InChI is InChI=1S/C20H22N2O3/c1-25-14-19(23)21-18-10-6-5-9-17(18)20(24)22-12-11-16(13-22)15-7-3-2-4-8-15/h2-10,16H,11-14H2,1H3,(H,21,23). The molecule has 1 aliphatic rings. The predicted molar refractivity (Wildman–Crippen MR) is 96.7 cm³/mol. The zero-order chi connectivity index (χ0) is 17.6. The number of para-hydroxylation sites is 1. The lowest BCUT2D eigenvalue weighted by Gasteiger charge is -2.19. The third kappa shape index (κ3) is 4.06. The van der Waals surface area contributed by atoms with Gasteiger partial charge in [0.1, 0.15) is 6.61 Å². The fraction of sp³-hybridized carbons (Fsp3) is 0.300. The quantitative estimate of drug-likeness (QED) is 0.912. The zero-order valence-electron chi connectivity index (χ0n) is 14.3. The summed E-state index contributed by atoms with van der Waals surface area (Å²) in [6.07, 6.45) is 0.952. The van der Waals surface area contributed by atoms with E-state index in [-0.39, 0.29) is 18.4 Å². The largest absolute Gasteiger partial charge is 0.375 e. The molecule has 0 aliphatic carbocycles. The van der Waals surface area contributed by atoms with E-state index < -0.39 is 0 Å². The van der Waals surface area contributed by atoms with Crippen molar-refractivity contribution in [2.24, 2.45) is 0 Å². The van der Waals surface area contributed by atoms with Gasteiger partial charge in [-0.1, -0.05) is 42.5 Å². The molecule has 5 heteroatoms. The molecular weight excluding hydrogens is 316 g/mol. The minimum atomic E-state index is -0.272. The van der Waals surface area contributed by atoms with E-state index in [0.29, 0.717) is 23.7 Å². The van der Waals surface area contributed by atoms with Crippen molar-refractivity contribution in [2.75, 3.05) is 32.1 Å². The van der Waals surface area contributed by atoms with Gasteiger partial charge < -0.3 is 15.0 Å². The lowest BCUT2D eigenvalue weighted by Crippen LogP contribution is -2.30. The first-order chi connectivity index (χ1) is 12.2. The van der Waals surface area contributed by atoms with Crippen LogP contribution in [0.3, 0.4) is 0 Å². The molecule has 25 heavy (non-hydrogen) atoms. The van der Waals surface area contributed by atoms with Crippen molar-refractivity contribution in [3.05, 3.63) is 65.7 Å². The van der Waals surface area contributed by atoms with Crippen molar-refractivity contribution in [3.63, 3.8) is 0 Å². The third-order valence-corrected chi connectivity index (χ3v) is 4.45.